The Morgan fingerprint density at radius 2 is 1.89 bits per heavy atom. The molecule has 38 heavy (non-hydrogen) atoms. The number of H-pyrrole nitrogens is 1. The Balaban J connectivity index is 1.57. The van der Waals surface area contributed by atoms with Gasteiger partial charge in [0.15, 0.2) is 10.2 Å². The number of hydrogen-bond acceptors (Lipinski definition) is 8. The van der Waals surface area contributed by atoms with Gasteiger partial charge in [0.05, 0.1) is 11.7 Å². The molecule has 4 heterocycles. The molecule has 2 saturated heterocycles. The Hall–Kier alpha value is -3.80. The SMILES string of the molecule is CCC(C)n1c(O)c(C=Nc2ccc3c(c2)CC2(C(=O)N(C)C(=O)N(C)C2=O)C2CCCN32)c(=O)[nH]c1=S. The molecule has 1 spiro atoms. The van der Waals surface area contributed by atoms with E-state index in [1.807, 2.05) is 19.9 Å². The number of imide groups is 2. The van der Waals surface area contributed by atoms with Gasteiger partial charge in [-0.15, -0.1) is 0 Å². The molecule has 0 saturated carbocycles. The standard InChI is InChI=1S/C26H30N6O5S/c1-5-14(2)32-21(34)17(20(33)28-24(32)38)13-27-16-8-9-18-15(11-16)12-26(19-7-6-10-31(18)19)22(35)29(3)25(37)30(4)23(26)36/h8-9,11,13-14,19,34H,5-7,10,12H2,1-4H3,(H,28,33,38). The third kappa shape index (κ3) is 3.61. The lowest BCUT2D eigenvalue weighted by molar-refractivity contribution is -0.159. The molecule has 2 fully saturated rings. The number of benzene rings is 1. The minimum atomic E-state index is -1.40. The highest BCUT2D eigenvalue weighted by Gasteiger charge is 2.63. The Kier molecular flexibility index (Phi) is 6.25. The number of fused-ring (bicyclic) bond motifs is 4. The molecule has 2 aromatic rings. The first-order chi connectivity index (χ1) is 18.0. The summed E-state index contributed by atoms with van der Waals surface area (Å²) in [5, 5.41) is 10.8. The first kappa shape index (κ1) is 25.8. The Bertz CT molecular complexity index is 1490. The number of hydrogen-bond donors (Lipinski definition) is 2. The number of rotatable bonds is 4. The Labute approximate surface area is 224 Å². The minimum absolute atomic E-state index is 0.0212. The number of aromatic nitrogens is 2. The van der Waals surface area contributed by atoms with Crippen LogP contribution in [0.2, 0.25) is 0 Å². The van der Waals surface area contributed by atoms with Gasteiger partial charge in [0.2, 0.25) is 17.7 Å². The molecule has 11 nitrogen and oxygen atoms in total. The number of aliphatic imine (C=N–C) groups is 1. The van der Waals surface area contributed by atoms with Crippen molar-refractivity contribution in [3.8, 4) is 5.88 Å². The summed E-state index contributed by atoms with van der Waals surface area (Å²) in [4.78, 5) is 63.3. The second-order valence-electron chi connectivity index (χ2n) is 10.2. The molecule has 1 aromatic heterocycles. The number of nitrogens with one attached hydrogen (secondary N) is 1. The van der Waals surface area contributed by atoms with Crippen molar-refractivity contribution in [2.24, 2.45) is 10.4 Å². The van der Waals surface area contributed by atoms with Gasteiger partial charge in [0, 0.05) is 38.6 Å². The van der Waals surface area contributed by atoms with Gasteiger partial charge >= 0.3 is 6.03 Å². The van der Waals surface area contributed by atoms with Crippen LogP contribution in [-0.2, 0) is 16.0 Å². The van der Waals surface area contributed by atoms with Crippen LogP contribution in [-0.4, -0.2) is 75.2 Å². The quantitative estimate of drug-likeness (QED) is 0.348. The average Bonchev–Trinajstić information content (AvgIpc) is 3.40. The topological polar surface area (TPSA) is 131 Å². The van der Waals surface area contributed by atoms with Crippen molar-refractivity contribution in [2.45, 2.75) is 51.6 Å². The first-order valence-electron chi connectivity index (χ1n) is 12.6. The van der Waals surface area contributed by atoms with E-state index < -0.39 is 28.8 Å². The van der Waals surface area contributed by atoms with Crippen molar-refractivity contribution >= 4 is 47.7 Å². The molecule has 12 heteroatoms. The van der Waals surface area contributed by atoms with Crippen molar-refractivity contribution in [3.63, 3.8) is 0 Å². The monoisotopic (exact) mass is 538 g/mol. The van der Waals surface area contributed by atoms with Crippen molar-refractivity contribution < 1.29 is 19.5 Å². The number of anilines is 1. The van der Waals surface area contributed by atoms with Crippen molar-refractivity contribution in [1.82, 2.24) is 19.4 Å². The van der Waals surface area contributed by atoms with Crippen LogP contribution in [0.4, 0.5) is 16.2 Å². The molecule has 0 bridgehead atoms. The number of carbonyl (C=O) groups is 3. The summed E-state index contributed by atoms with van der Waals surface area (Å²) in [6, 6.07) is 4.38. The van der Waals surface area contributed by atoms with Crippen molar-refractivity contribution in [1.29, 1.82) is 0 Å². The van der Waals surface area contributed by atoms with Crippen LogP contribution in [0.3, 0.4) is 0 Å². The third-order valence-corrected chi connectivity index (χ3v) is 8.44. The number of aromatic hydroxyl groups is 1. The van der Waals surface area contributed by atoms with E-state index in [0.717, 1.165) is 27.5 Å². The molecule has 1 aromatic carbocycles. The number of aromatic amines is 1. The predicted molar refractivity (Wildman–Crippen MR) is 144 cm³/mol. The highest BCUT2D eigenvalue weighted by molar-refractivity contribution is 7.71. The Morgan fingerprint density at radius 3 is 2.55 bits per heavy atom. The van der Waals surface area contributed by atoms with Crippen LogP contribution in [0, 0.1) is 10.2 Å². The second-order valence-corrected chi connectivity index (χ2v) is 10.6. The van der Waals surface area contributed by atoms with E-state index in [2.05, 4.69) is 14.9 Å². The maximum atomic E-state index is 13.6. The lowest BCUT2D eigenvalue weighted by Gasteiger charge is -2.50. The van der Waals surface area contributed by atoms with Gasteiger partial charge in [-0.3, -0.25) is 38.7 Å². The van der Waals surface area contributed by atoms with Gasteiger partial charge in [0.25, 0.3) is 5.56 Å². The summed E-state index contributed by atoms with van der Waals surface area (Å²) in [6.07, 6.45) is 3.62. The summed E-state index contributed by atoms with van der Waals surface area (Å²) in [5.41, 5.74) is 0.185. The number of nitrogens with zero attached hydrogens (tertiary/aromatic N) is 5. The Morgan fingerprint density at radius 1 is 1.21 bits per heavy atom. The van der Waals surface area contributed by atoms with Crippen LogP contribution < -0.4 is 10.5 Å². The summed E-state index contributed by atoms with van der Waals surface area (Å²) < 4.78 is 1.62. The smallest absolute Gasteiger partial charge is 0.332 e. The van der Waals surface area contributed by atoms with E-state index in [9.17, 15) is 24.3 Å². The van der Waals surface area contributed by atoms with E-state index in [0.29, 0.717) is 25.1 Å². The van der Waals surface area contributed by atoms with Gasteiger partial charge in [-0.2, -0.15) is 0 Å². The van der Waals surface area contributed by atoms with Gasteiger partial charge < -0.3 is 10.0 Å². The summed E-state index contributed by atoms with van der Waals surface area (Å²) in [7, 11) is 2.82. The van der Waals surface area contributed by atoms with Gasteiger partial charge in [-0.05, 0) is 68.6 Å². The molecule has 2 unspecified atom stereocenters. The van der Waals surface area contributed by atoms with Gasteiger partial charge in [-0.1, -0.05) is 6.92 Å². The molecule has 3 aliphatic heterocycles. The molecule has 2 atom stereocenters. The van der Waals surface area contributed by atoms with Crippen LogP contribution in [0.15, 0.2) is 28.0 Å². The molecule has 2 N–H and O–H groups in total. The number of barbiturate groups is 1. The van der Waals surface area contributed by atoms with Crippen LogP contribution in [0.25, 0.3) is 0 Å². The molecule has 4 amide bonds. The third-order valence-electron chi connectivity index (χ3n) is 8.14. The summed E-state index contributed by atoms with van der Waals surface area (Å²) in [6.45, 7) is 4.52. The van der Waals surface area contributed by atoms with Crippen molar-refractivity contribution in [2.75, 3.05) is 25.5 Å². The van der Waals surface area contributed by atoms with E-state index in [-0.39, 0.29) is 34.7 Å². The van der Waals surface area contributed by atoms with Crippen LogP contribution >= 0.6 is 12.2 Å². The average molecular weight is 539 g/mol. The molecule has 3 aliphatic rings. The fourth-order valence-corrected chi connectivity index (χ4v) is 6.34. The zero-order chi connectivity index (χ0) is 27.5. The number of urea groups is 1. The number of carbonyl (C=O) groups excluding carboxylic acids is 3. The normalized spacial score (nSPS) is 21.4. The zero-order valence-corrected chi connectivity index (χ0v) is 22.5. The van der Waals surface area contributed by atoms with Gasteiger partial charge in [-0.25, -0.2) is 4.79 Å². The molecule has 200 valence electrons. The van der Waals surface area contributed by atoms with E-state index >= 15 is 0 Å². The minimum Gasteiger partial charge on any atom is -0.494 e. The molecule has 0 radical (unpaired) electrons. The predicted octanol–water partition coefficient (Wildman–Crippen LogP) is 2.89. The fourth-order valence-electron chi connectivity index (χ4n) is 5.98. The zero-order valence-electron chi connectivity index (χ0n) is 21.7. The van der Waals surface area contributed by atoms with Crippen molar-refractivity contribution in [3.05, 3.63) is 44.5 Å². The van der Waals surface area contributed by atoms with E-state index in [4.69, 9.17) is 12.2 Å². The van der Waals surface area contributed by atoms with E-state index in [1.165, 1.54) is 24.9 Å². The largest absolute Gasteiger partial charge is 0.494 e. The first-order valence-corrected chi connectivity index (χ1v) is 13.1. The summed E-state index contributed by atoms with van der Waals surface area (Å²) in [5.74, 6) is -1.24. The number of amides is 4. The summed E-state index contributed by atoms with van der Waals surface area (Å²) >= 11 is 5.23. The van der Waals surface area contributed by atoms with Gasteiger partial charge in [0.1, 0.15) is 5.56 Å². The van der Waals surface area contributed by atoms with Crippen LogP contribution in [0.5, 0.6) is 5.88 Å². The highest BCUT2D eigenvalue weighted by Crippen LogP contribution is 2.49. The molecule has 5 rings (SSSR count). The fraction of sp³-hybridized carbons (Fsp3) is 0.462. The highest BCUT2D eigenvalue weighted by atomic mass is 32.1. The lowest BCUT2D eigenvalue weighted by Crippen LogP contribution is -2.70. The molecule has 0 aliphatic carbocycles. The second kappa shape index (κ2) is 9.19. The molecular formula is C26H30N6O5S. The molecular weight excluding hydrogens is 508 g/mol. The lowest BCUT2D eigenvalue weighted by atomic mass is 9.68. The maximum Gasteiger partial charge on any atom is 0.332 e. The maximum absolute atomic E-state index is 13.6. The van der Waals surface area contributed by atoms with Crippen LogP contribution in [0.1, 0.15) is 50.3 Å². The van der Waals surface area contributed by atoms with E-state index in [1.54, 1.807) is 12.1 Å².